The molecule has 0 aliphatic carbocycles. The van der Waals surface area contributed by atoms with E-state index in [9.17, 15) is 14.0 Å². The van der Waals surface area contributed by atoms with Crippen LogP contribution in [0.1, 0.15) is 28.2 Å². The summed E-state index contributed by atoms with van der Waals surface area (Å²) in [7, 11) is 0. The fraction of sp³-hybridized carbons (Fsp3) is 0.353. The summed E-state index contributed by atoms with van der Waals surface area (Å²) in [5.74, 6) is -1.00. The molecular weight excluding hydrogens is 329 g/mol. The Balaban J connectivity index is 1.80. The molecule has 0 atom stereocenters. The molecule has 2 N–H and O–H groups in total. The van der Waals surface area contributed by atoms with E-state index in [0.29, 0.717) is 42.2 Å². The van der Waals surface area contributed by atoms with E-state index < -0.39 is 0 Å². The highest BCUT2D eigenvalue weighted by molar-refractivity contribution is 7.15. The number of piperidine rings is 1. The first-order valence-electron chi connectivity index (χ1n) is 7.78. The predicted octanol–water partition coefficient (Wildman–Crippen LogP) is 2.60. The SMILES string of the molecule is Cc1sc(-c2ccccc2F)nc1C(=O)N1CCC(C(N)=O)CC1. The van der Waals surface area contributed by atoms with Gasteiger partial charge in [0.05, 0.1) is 0 Å². The molecule has 2 amide bonds. The Hall–Kier alpha value is -2.28. The van der Waals surface area contributed by atoms with E-state index in [1.165, 1.54) is 17.4 Å². The van der Waals surface area contributed by atoms with Gasteiger partial charge in [-0.3, -0.25) is 9.59 Å². The van der Waals surface area contributed by atoms with Crippen molar-refractivity contribution in [2.45, 2.75) is 19.8 Å². The van der Waals surface area contributed by atoms with Crippen molar-refractivity contribution in [3.8, 4) is 10.6 Å². The Morgan fingerprint density at radius 3 is 2.58 bits per heavy atom. The van der Waals surface area contributed by atoms with Crippen LogP contribution in [0.5, 0.6) is 0 Å². The zero-order valence-corrected chi connectivity index (χ0v) is 14.1. The molecule has 2 aromatic rings. The van der Waals surface area contributed by atoms with Gasteiger partial charge in [0.15, 0.2) is 0 Å². The van der Waals surface area contributed by atoms with Gasteiger partial charge in [-0.05, 0) is 31.9 Å². The summed E-state index contributed by atoms with van der Waals surface area (Å²) >= 11 is 1.31. The molecule has 1 aromatic carbocycles. The third-order valence-electron chi connectivity index (χ3n) is 4.29. The van der Waals surface area contributed by atoms with E-state index in [1.807, 2.05) is 6.92 Å². The summed E-state index contributed by atoms with van der Waals surface area (Å²) in [6.07, 6.45) is 1.15. The van der Waals surface area contributed by atoms with Gasteiger partial charge in [-0.15, -0.1) is 11.3 Å². The second-order valence-corrected chi connectivity index (χ2v) is 7.08. The molecule has 0 saturated carbocycles. The molecule has 1 aromatic heterocycles. The minimum Gasteiger partial charge on any atom is -0.369 e. The quantitative estimate of drug-likeness (QED) is 0.927. The van der Waals surface area contributed by atoms with E-state index >= 15 is 0 Å². The maximum Gasteiger partial charge on any atom is 0.273 e. The number of halogens is 1. The van der Waals surface area contributed by atoms with Gasteiger partial charge in [-0.25, -0.2) is 9.37 Å². The van der Waals surface area contributed by atoms with Crippen LogP contribution in [0.4, 0.5) is 4.39 Å². The lowest BCUT2D eigenvalue weighted by atomic mass is 9.96. The summed E-state index contributed by atoms with van der Waals surface area (Å²) in [4.78, 5) is 30.7. The average Bonchev–Trinajstić information content (AvgIpc) is 2.96. The molecule has 0 spiro atoms. The number of hydrogen-bond donors (Lipinski definition) is 1. The van der Waals surface area contributed by atoms with Crippen LogP contribution in [0.2, 0.25) is 0 Å². The molecule has 1 saturated heterocycles. The number of nitrogens with two attached hydrogens (primary N) is 1. The number of aromatic nitrogens is 1. The summed E-state index contributed by atoms with van der Waals surface area (Å²) in [6, 6.07) is 6.39. The number of thiazole rings is 1. The van der Waals surface area contributed by atoms with E-state index in [2.05, 4.69) is 4.98 Å². The molecule has 126 valence electrons. The maximum atomic E-state index is 13.9. The Labute approximate surface area is 143 Å². The lowest BCUT2D eigenvalue weighted by Crippen LogP contribution is -2.42. The van der Waals surface area contributed by atoms with E-state index in [-0.39, 0.29) is 23.5 Å². The molecule has 24 heavy (non-hydrogen) atoms. The highest BCUT2D eigenvalue weighted by Gasteiger charge is 2.28. The molecule has 7 heteroatoms. The van der Waals surface area contributed by atoms with Gasteiger partial charge in [0, 0.05) is 29.4 Å². The maximum absolute atomic E-state index is 13.9. The van der Waals surface area contributed by atoms with Gasteiger partial charge >= 0.3 is 0 Å². The number of rotatable bonds is 3. The van der Waals surface area contributed by atoms with Crippen molar-refractivity contribution in [2.75, 3.05) is 13.1 Å². The molecule has 3 rings (SSSR count). The zero-order valence-electron chi connectivity index (χ0n) is 13.3. The number of carbonyl (C=O) groups is 2. The second-order valence-electron chi connectivity index (χ2n) is 5.87. The highest BCUT2D eigenvalue weighted by Crippen LogP contribution is 2.30. The number of benzene rings is 1. The third-order valence-corrected chi connectivity index (χ3v) is 5.29. The first-order valence-corrected chi connectivity index (χ1v) is 8.60. The topological polar surface area (TPSA) is 76.3 Å². The summed E-state index contributed by atoms with van der Waals surface area (Å²) < 4.78 is 13.9. The normalized spacial score (nSPS) is 15.5. The van der Waals surface area contributed by atoms with Crippen LogP contribution >= 0.6 is 11.3 Å². The van der Waals surface area contributed by atoms with Crippen molar-refractivity contribution in [2.24, 2.45) is 11.7 Å². The molecular formula is C17H18FN3O2S. The van der Waals surface area contributed by atoms with Crippen molar-refractivity contribution < 1.29 is 14.0 Å². The molecule has 0 bridgehead atoms. The van der Waals surface area contributed by atoms with Gasteiger partial charge in [-0.1, -0.05) is 12.1 Å². The van der Waals surface area contributed by atoms with Crippen LogP contribution in [0.3, 0.4) is 0 Å². The number of likely N-dealkylation sites (tertiary alicyclic amines) is 1. The number of hydrogen-bond acceptors (Lipinski definition) is 4. The Morgan fingerprint density at radius 1 is 1.29 bits per heavy atom. The van der Waals surface area contributed by atoms with Gasteiger partial charge in [-0.2, -0.15) is 0 Å². The van der Waals surface area contributed by atoms with Crippen LogP contribution in [0.15, 0.2) is 24.3 Å². The monoisotopic (exact) mass is 347 g/mol. The van der Waals surface area contributed by atoms with Crippen LogP contribution < -0.4 is 5.73 Å². The fourth-order valence-electron chi connectivity index (χ4n) is 2.86. The largest absolute Gasteiger partial charge is 0.369 e. The Morgan fingerprint density at radius 2 is 1.96 bits per heavy atom. The van der Waals surface area contributed by atoms with Crippen molar-refractivity contribution in [1.29, 1.82) is 0 Å². The number of nitrogens with zero attached hydrogens (tertiary/aromatic N) is 2. The molecule has 5 nitrogen and oxygen atoms in total. The van der Waals surface area contributed by atoms with Crippen LogP contribution in [0, 0.1) is 18.7 Å². The van der Waals surface area contributed by atoms with E-state index in [0.717, 1.165) is 4.88 Å². The Bertz CT molecular complexity index is 782. The molecule has 2 heterocycles. The lowest BCUT2D eigenvalue weighted by molar-refractivity contribution is -0.123. The van der Waals surface area contributed by atoms with Gasteiger partial charge in [0.1, 0.15) is 16.5 Å². The number of amides is 2. The molecule has 1 aliphatic heterocycles. The molecule has 0 radical (unpaired) electrons. The minimum absolute atomic E-state index is 0.167. The Kier molecular flexibility index (Phi) is 4.62. The molecule has 1 aliphatic rings. The predicted molar refractivity (Wildman–Crippen MR) is 90.1 cm³/mol. The highest BCUT2D eigenvalue weighted by atomic mass is 32.1. The first-order chi connectivity index (χ1) is 11.5. The van der Waals surface area contributed by atoms with Crippen molar-refractivity contribution >= 4 is 23.2 Å². The summed E-state index contributed by atoms with van der Waals surface area (Å²) in [6.45, 7) is 2.78. The first kappa shape index (κ1) is 16.6. The fourth-order valence-corrected chi connectivity index (χ4v) is 3.79. The van der Waals surface area contributed by atoms with Crippen LogP contribution in [0.25, 0.3) is 10.6 Å². The average molecular weight is 347 g/mol. The van der Waals surface area contributed by atoms with Gasteiger partial charge in [0.2, 0.25) is 5.91 Å². The summed E-state index contributed by atoms with van der Waals surface area (Å²) in [5, 5.41) is 0.501. The lowest BCUT2D eigenvalue weighted by Gasteiger charge is -2.30. The van der Waals surface area contributed by atoms with Crippen molar-refractivity contribution in [3.63, 3.8) is 0 Å². The van der Waals surface area contributed by atoms with Gasteiger partial charge in [0.25, 0.3) is 5.91 Å². The smallest absolute Gasteiger partial charge is 0.273 e. The second kappa shape index (κ2) is 6.68. The third kappa shape index (κ3) is 3.17. The standard InChI is InChI=1S/C17H18FN3O2S/c1-10-14(17(23)21-8-6-11(7-9-21)15(19)22)20-16(24-10)12-4-2-3-5-13(12)18/h2-5,11H,6-9H2,1H3,(H2,19,22). The van der Waals surface area contributed by atoms with E-state index in [4.69, 9.17) is 5.73 Å². The number of primary amides is 1. The van der Waals surface area contributed by atoms with Gasteiger partial charge < -0.3 is 10.6 Å². The van der Waals surface area contributed by atoms with Crippen LogP contribution in [-0.2, 0) is 4.79 Å². The van der Waals surface area contributed by atoms with Crippen LogP contribution in [-0.4, -0.2) is 34.8 Å². The van der Waals surface area contributed by atoms with E-state index in [1.54, 1.807) is 23.1 Å². The zero-order chi connectivity index (χ0) is 17.3. The number of aryl methyl sites for hydroxylation is 1. The molecule has 1 fully saturated rings. The van der Waals surface area contributed by atoms with Crippen molar-refractivity contribution in [1.82, 2.24) is 9.88 Å². The summed E-state index contributed by atoms with van der Waals surface area (Å²) in [5.41, 5.74) is 6.07. The minimum atomic E-state index is -0.354. The van der Waals surface area contributed by atoms with Crippen molar-refractivity contribution in [3.05, 3.63) is 40.7 Å². The number of carbonyl (C=O) groups excluding carboxylic acids is 2. The molecule has 0 unspecified atom stereocenters.